The number of rotatable bonds is 10. The van der Waals surface area contributed by atoms with Crippen LogP contribution in [-0.4, -0.2) is 40.8 Å². The van der Waals surface area contributed by atoms with Crippen molar-refractivity contribution in [3.05, 3.63) is 96.0 Å². The maximum Gasteiger partial charge on any atom is 0.216 e. The van der Waals surface area contributed by atoms with Crippen LogP contribution in [0.5, 0.6) is 0 Å². The van der Waals surface area contributed by atoms with E-state index >= 15 is 0 Å². The van der Waals surface area contributed by atoms with Gasteiger partial charge in [-0.2, -0.15) is 5.10 Å². The summed E-state index contributed by atoms with van der Waals surface area (Å²) in [7, 11) is 0. The predicted octanol–water partition coefficient (Wildman–Crippen LogP) is 4.38. The third-order valence-electron chi connectivity index (χ3n) is 5.36. The van der Waals surface area contributed by atoms with Crippen molar-refractivity contribution < 1.29 is 4.42 Å². The van der Waals surface area contributed by atoms with Crippen LogP contribution in [0.4, 0.5) is 0 Å². The summed E-state index contributed by atoms with van der Waals surface area (Å²) in [4.78, 5) is 9.30. The molecule has 0 aliphatic rings. The molecule has 0 atom stereocenters. The average molecular weight is 443 g/mol. The number of aromatic nitrogens is 3. The van der Waals surface area contributed by atoms with E-state index in [1.165, 1.54) is 11.1 Å². The number of hydrogen-bond donors (Lipinski definition) is 3. The largest absolute Gasteiger partial charge is 0.461 e. The summed E-state index contributed by atoms with van der Waals surface area (Å²) in [5, 5.41) is 13.9. The topological polar surface area (TPSA) is 91.1 Å². The first-order chi connectivity index (χ1) is 16.3. The highest BCUT2D eigenvalue weighted by atomic mass is 16.3. The molecule has 7 nitrogen and oxygen atoms in total. The van der Waals surface area contributed by atoms with Crippen molar-refractivity contribution in [3.8, 4) is 11.6 Å². The number of hydrogen-bond acceptors (Lipinski definition) is 4. The highest BCUT2D eigenvalue weighted by Gasteiger charge is 2.13. The third-order valence-corrected chi connectivity index (χ3v) is 5.36. The molecule has 7 heteroatoms. The standard InChI is InChI=1S/C26H30N6O/c1-2-27-26(29-18-16-24-30-25(32-31-24)23-14-9-19-33-23)28-17-15-22(20-10-5-3-6-11-20)21-12-7-4-8-13-21/h3-14,19,22H,2,15-18H2,1H3,(H2,27,28,29)(H,30,31,32). The zero-order valence-electron chi connectivity index (χ0n) is 18.9. The third kappa shape index (κ3) is 6.32. The molecule has 0 bridgehead atoms. The van der Waals surface area contributed by atoms with Gasteiger partial charge in [0.05, 0.1) is 6.26 Å². The second-order valence-electron chi connectivity index (χ2n) is 7.68. The van der Waals surface area contributed by atoms with Gasteiger partial charge < -0.3 is 15.1 Å². The fourth-order valence-corrected chi connectivity index (χ4v) is 3.77. The summed E-state index contributed by atoms with van der Waals surface area (Å²) in [6.07, 6.45) is 3.25. The quantitative estimate of drug-likeness (QED) is 0.250. The van der Waals surface area contributed by atoms with Crippen LogP contribution in [0.1, 0.15) is 36.2 Å². The monoisotopic (exact) mass is 442 g/mol. The number of H-pyrrole nitrogens is 1. The van der Waals surface area contributed by atoms with Crippen molar-refractivity contribution >= 4 is 5.96 Å². The van der Waals surface area contributed by atoms with Crippen LogP contribution in [0.25, 0.3) is 11.6 Å². The highest BCUT2D eigenvalue weighted by Crippen LogP contribution is 2.27. The Kier molecular flexibility index (Phi) is 7.89. The molecule has 0 unspecified atom stereocenters. The fraction of sp³-hybridized carbons (Fsp3) is 0.269. The van der Waals surface area contributed by atoms with Gasteiger partial charge in [-0.1, -0.05) is 60.7 Å². The molecule has 33 heavy (non-hydrogen) atoms. The Morgan fingerprint density at radius 1 is 0.970 bits per heavy atom. The number of furan rings is 1. The van der Waals surface area contributed by atoms with E-state index in [2.05, 4.69) is 93.4 Å². The molecule has 0 aliphatic carbocycles. The van der Waals surface area contributed by atoms with E-state index in [4.69, 9.17) is 9.41 Å². The maximum atomic E-state index is 5.35. The van der Waals surface area contributed by atoms with Gasteiger partial charge in [-0.25, -0.2) is 4.98 Å². The van der Waals surface area contributed by atoms with Gasteiger partial charge in [-0.15, -0.1) is 0 Å². The van der Waals surface area contributed by atoms with E-state index in [1.807, 2.05) is 12.1 Å². The number of nitrogens with zero attached hydrogens (tertiary/aromatic N) is 3. The number of aliphatic imine (C=N–C) groups is 1. The van der Waals surface area contributed by atoms with Crippen LogP contribution in [0.15, 0.2) is 88.5 Å². The minimum atomic E-state index is 0.313. The van der Waals surface area contributed by atoms with Crippen molar-refractivity contribution in [2.45, 2.75) is 25.7 Å². The lowest BCUT2D eigenvalue weighted by molar-refractivity contribution is 0.577. The second kappa shape index (κ2) is 11.7. The Morgan fingerprint density at radius 2 is 1.70 bits per heavy atom. The van der Waals surface area contributed by atoms with Crippen molar-refractivity contribution in [2.75, 3.05) is 19.6 Å². The molecule has 0 fully saturated rings. The summed E-state index contributed by atoms with van der Waals surface area (Å²) in [6.45, 7) is 4.28. The molecule has 0 spiro atoms. The second-order valence-corrected chi connectivity index (χ2v) is 7.68. The molecule has 0 radical (unpaired) electrons. The van der Waals surface area contributed by atoms with Crippen LogP contribution < -0.4 is 10.6 Å². The van der Waals surface area contributed by atoms with Crippen molar-refractivity contribution in [2.24, 2.45) is 4.99 Å². The van der Waals surface area contributed by atoms with Gasteiger partial charge in [-0.3, -0.25) is 10.1 Å². The predicted molar refractivity (Wildman–Crippen MR) is 131 cm³/mol. The summed E-state index contributed by atoms with van der Waals surface area (Å²) >= 11 is 0. The molecule has 170 valence electrons. The Morgan fingerprint density at radius 3 is 2.33 bits per heavy atom. The Bertz CT molecular complexity index is 1070. The number of nitrogens with one attached hydrogen (secondary N) is 3. The first-order valence-corrected chi connectivity index (χ1v) is 11.4. The van der Waals surface area contributed by atoms with Gasteiger partial charge in [0.2, 0.25) is 5.82 Å². The van der Waals surface area contributed by atoms with Crippen LogP contribution in [0, 0.1) is 0 Å². The minimum Gasteiger partial charge on any atom is -0.461 e. The van der Waals surface area contributed by atoms with E-state index < -0.39 is 0 Å². The van der Waals surface area contributed by atoms with Gasteiger partial charge in [0.15, 0.2) is 11.7 Å². The number of guanidine groups is 1. The lowest BCUT2D eigenvalue weighted by atomic mass is 9.89. The van der Waals surface area contributed by atoms with E-state index in [9.17, 15) is 0 Å². The first kappa shape index (κ1) is 22.3. The lowest BCUT2D eigenvalue weighted by Gasteiger charge is -2.18. The average Bonchev–Trinajstić information content (AvgIpc) is 3.55. The van der Waals surface area contributed by atoms with Gasteiger partial charge >= 0.3 is 0 Å². The molecular weight excluding hydrogens is 412 g/mol. The molecule has 3 N–H and O–H groups in total. The highest BCUT2D eigenvalue weighted by molar-refractivity contribution is 5.79. The van der Waals surface area contributed by atoms with Crippen LogP contribution in [0.2, 0.25) is 0 Å². The van der Waals surface area contributed by atoms with Crippen molar-refractivity contribution in [1.29, 1.82) is 0 Å². The Balaban J connectivity index is 1.34. The van der Waals surface area contributed by atoms with Crippen LogP contribution in [0.3, 0.4) is 0 Å². The van der Waals surface area contributed by atoms with Gasteiger partial charge in [-0.05, 0) is 36.6 Å². The van der Waals surface area contributed by atoms with Gasteiger partial charge in [0, 0.05) is 32.0 Å². The van der Waals surface area contributed by atoms with Gasteiger partial charge in [0.1, 0.15) is 5.82 Å². The summed E-state index contributed by atoms with van der Waals surface area (Å²) in [5.41, 5.74) is 2.63. The summed E-state index contributed by atoms with van der Waals surface area (Å²) in [6, 6.07) is 25.0. The van der Waals surface area contributed by atoms with E-state index in [0.29, 0.717) is 30.5 Å². The summed E-state index contributed by atoms with van der Waals surface area (Å²) in [5.74, 6) is 3.16. The molecular formula is C26H30N6O. The summed E-state index contributed by atoms with van der Waals surface area (Å²) < 4.78 is 5.35. The normalized spacial score (nSPS) is 11.6. The molecule has 2 aromatic heterocycles. The van der Waals surface area contributed by atoms with Crippen LogP contribution >= 0.6 is 0 Å². The zero-order valence-corrected chi connectivity index (χ0v) is 18.9. The fourth-order valence-electron chi connectivity index (χ4n) is 3.77. The molecule has 0 saturated carbocycles. The van der Waals surface area contributed by atoms with Crippen molar-refractivity contribution in [1.82, 2.24) is 25.8 Å². The molecule has 2 aromatic carbocycles. The molecule has 0 amide bonds. The van der Waals surface area contributed by atoms with Crippen molar-refractivity contribution in [3.63, 3.8) is 0 Å². The molecule has 0 saturated heterocycles. The Labute approximate surface area is 194 Å². The SMILES string of the molecule is CCNC(=NCCC(c1ccccc1)c1ccccc1)NCCc1nc(-c2ccco2)n[nH]1. The zero-order chi connectivity index (χ0) is 22.7. The van der Waals surface area contributed by atoms with E-state index in [-0.39, 0.29) is 0 Å². The lowest BCUT2D eigenvalue weighted by Crippen LogP contribution is -2.38. The van der Waals surface area contributed by atoms with E-state index in [1.54, 1.807) is 6.26 Å². The molecule has 4 aromatic rings. The minimum absolute atomic E-state index is 0.313. The molecule has 0 aliphatic heterocycles. The Hall–Kier alpha value is -3.87. The smallest absolute Gasteiger partial charge is 0.216 e. The number of benzene rings is 2. The van der Waals surface area contributed by atoms with E-state index in [0.717, 1.165) is 31.3 Å². The molecule has 2 heterocycles. The number of aromatic amines is 1. The first-order valence-electron chi connectivity index (χ1n) is 11.4. The molecule has 4 rings (SSSR count). The maximum absolute atomic E-state index is 5.35. The van der Waals surface area contributed by atoms with Crippen LogP contribution in [-0.2, 0) is 6.42 Å². The van der Waals surface area contributed by atoms with Gasteiger partial charge in [0.25, 0.3) is 0 Å².